The van der Waals surface area contributed by atoms with E-state index in [4.69, 9.17) is 0 Å². The molecule has 4 nitrogen and oxygen atoms in total. The predicted octanol–water partition coefficient (Wildman–Crippen LogP) is 2.53. The maximum atomic E-state index is 11.4. The highest BCUT2D eigenvalue weighted by Crippen LogP contribution is 2.25. The van der Waals surface area contributed by atoms with Crippen LogP contribution in [0.5, 0.6) is 0 Å². The molecule has 0 radical (unpaired) electrons. The summed E-state index contributed by atoms with van der Waals surface area (Å²) in [6, 6.07) is 7.66. The SMILES string of the molecule is CNC(=O)NC(=O)CSc1ccc(C(C)(C)C)cc1. The van der Waals surface area contributed by atoms with Crippen molar-refractivity contribution < 1.29 is 9.59 Å². The van der Waals surface area contributed by atoms with E-state index in [2.05, 4.69) is 43.5 Å². The summed E-state index contributed by atoms with van der Waals surface area (Å²) in [5.74, 6) is -0.0771. The number of thioether (sulfide) groups is 1. The lowest BCUT2D eigenvalue weighted by molar-refractivity contribution is -0.117. The molecule has 5 heteroatoms. The Hall–Kier alpha value is -1.49. The van der Waals surface area contributed by atoms with E-state index >= 15 is 0 Å². The zero-order valence-electron chi connectivity index (χ0n) is 11.7. The maximum absolute atomic E-state index is 11.4. The Morgan fingerprint density at radius 2 is 1.74 bits per heavy atom. The number of amides is 3. The normalized spacial score (nSPS) is 10.9. The molecule has 3 amide bonds. The molecule has 0 aliphatic rings. The van der Waals surface area contributed by atoms with Crippen molar-refractivity contribution in [1.82, 2.24) is 10.6 Å². The Kier molecular flexibility index (Phi) is 5.42. The van der Waals surface area contributed by atoms with Crippen LogP contribution >= 0.6 is 11.8 Å². The summed E-state index contributed by atoms with van der Waals surface area (Å²) >= 11 is 1.41. The first kappa shape index (κ1) is 15.6. The number of nitrogens with one attached hydrogen (secondary N) is 2. The Labute approximate surface area is 118 Å². The Bertz CT molecular complexity index is 450. The van der Waals surface area contributed by atoms with Gasteiger partial charge in [0.05, 0.1) is 5.75 Å². The van der Waals surface area contributed by atoms with Crippen molar-refractivity contribution in [2.75, 3.05) is 12.8 Å². The Morgan fingerprint density at radius 1 is 1.16 bits per heavy atom. The highest BCUT2D eigenvalue weighted by atomic mass is 32.2. The number of carbonyl (C=O) groups excluding carboxylic acids is 2. The van der Waals surface area contributed by atoms with Crippen LogP contribution in [0, 0.1) is 0 Å². The van der Waals surface area contributed by atoms with Gasteiger partial charge >= 0.3 is 6.03 Å². The second kappa shape index (κ2) is 6.61. The molecule has 0 bridgehead atoms. The Morgan fingerprint density at radius 3 is 2.21 bits per heavy atom. The smallest absolute Gasteiger partial charge is 0.321 e. The molecule has 0 aliphatic carbocycles. The first-order valence-corrected chi connectivity index (χ1v) is 7.06. The van der Waals surface area contributed by atoms with Crippen molar-refractivity contribution in [3.05, 3.63) is 29.8 Å². The summed E-state index contributed by atoms with van der Waals surface area (Å²) in [6.45, 7) is 6.48. The van der Waals surface area contributed by atoms with Gasteiger partial charge in [-0.15, -0.1) is 11.8 Å². The summed E-state index contributed by atoms with van der Waals surface area (Å²) in [7, 11) is 1.47. The molecule has 0 saturated carbocycles. The van der Waals surface area contributed by atoms with Gasteiger partial charge in [0, 0.05) is 11.9 Å². The molecule has 2 N–H and O–H groups in total. The van der Waals surface area contributed by atoms with E-state index < -0.39 is 6.03 Å². The summed E-state index contributed by atoms with van der Waals surface area (Å²) in [5.41, 5.74) is 1.38. The molecule has 0 fully saturated rings. The van der Waals surface area contributed by atoms with Crippen LogP contribution in [0.25, 0.3) is 0 Å². The van der Waals surface area contributed by atoms with Crippen LogP contribution in [-0.4, -0.2) is 24.7 Å². The molecule has 0 aromatic heterocycles. The van der Waals surface area contributed by atoms with E-state index in [1.54, 1.807) is 0 Å². The van der Waals surface area contributed by atoms with Gasteiger partial charge in [0.2, 0.25) is 5.91 Å². The van der Waals surface area contributed by atoms with E-state index in [9.17, 15) is 9.59 Å². The molecule has 0 spiro atoms. The highest BCUT2D eigenvalue weighted by Gasteiger charge is 2.13. The second-order valence-electron chi connectivity index (χ2n) is 5.19. The van der Waals surface area contributed by atoms with Crippen LogP contribution in [0.15, 0.2) is 29.2 Å². The molecule has 1 aromatic carbocycles. The number of hydrogen-bond acceptors (Lipinski definition) is 3. The molecule has 0 aliphatic heterocycles. The van der Waals surface area contributed by atoms with E-state index in [1.165, 1.54) is 24.4 Å². The third-order valence-corrected chi connectivity index (χ3v) is 3.58. The van der Waals surface area contributed by atoms with Crippen molar-refractivity contribution in [3.63, 3.8) is 0 Å². The minimum absolute atomic E-state index is 0.125. The average Bonchev–Trinajstić information content (AvgIpc) is 2.35. The Balaban J connectivity index is 2.51. The fraction of sp³-hybridized carbons (Fsp3) is 0.429. The number of carbonyl (C=O) groups is 2. The molecule has 19 heavy (non-hydrogen) atoms. The fourth-order valence-electron chi connectivity index (χ4n) is 1.43. The van der Waals surface area contributed by atoms with Gasteiger partial charge in [-0.25, -0.2) is 4.79 Å². The first-order valence-electron chi connectivity index (χ1n) is 6.08. The number of hydrogen-bond donors (Lipinski definition) is 2. The lowest BCUT2D eigenvalue weighted by atomic mass is 9.87. The zero-order valence-corrected chi connectivity index (χ0v) is 12.6. The molecule has 104 valence electrons. The van der Waals surface area contributed by atoms with Crippen molar-refractivity contribution >= 4 is 23.7 Å². The number of urea groups is 1. The number of rotatable bonds is 3. The lowest BCUT2D eigenvalue weighted by Gasteiger charge is -2.19. The summed E-state index contributed by atoms with van der Waals surface area (Å²) in [4.78, 5) is 23.4. The van der Waals surface area contributed by atoms with Gasteiger partial charge in [-0.3, -0.25) is 10.1 Å². The van der Waals surface area contributed by atoms with Gasteiger partial charge < -0.3 is 5.32 Å². The fourth-order valence-corrected chi connectivity index (χ4v) is 2.12. The van der Waals surface area contributed by atoms with Gasteiger partial charge in [-0.1, -0.05) is 32.9 Å². The summed E-state index contributed by atoms with van der Waals surface area (Å²) in [6.07, 6.45) is 0. The monoisotopic (exact) mass is 280 g/mol. The van der Waals surface area contributed by atoms with Crippen LogP contribution in [0.3, 0.4) is 0 Å². The molecule has 1 rings (SSSR count). The molecular weight excluding hydrogens is 260 g/mol. The summed E-state index contributed by atoms with van der Waals surface area (Å²) in [5, 5.41) is 4.56. The second-order valence-corrected chi connectivity index (χ2v) is 6.24. The highest BCUT2D eigenvalue weighted by molar-refractivity contribution is 8.00. The number of benzene rings is 1. The molecule has 0 saturated heterocycles. The third-order valence-electron chi connectivity index (χ3n) is 2.57. The van der Waals surface area contributed by atoms with Crippen molar-refractivity contribution in [2.45, 2.75) is 31.1 Å². The van der Waals surface area contributed by atoms with Gasteiger partial charge in [0.25, 0.3) is 0 Å². The van der Waals surface area contributed by atoms with Gasteiger partial charge in [-0.05, 0) is 23.1 Å². The third kappa shape index (κ3) is 5.34. The standard InChI is InChI=1S/C14H20N2O2S/c1-14(2,3)10-5-7-11(8-6-10)19-9-12(17)16-13(18)15-4/h5-8H,9H2,1-4H3,(H2,15,16,17,18). The van der Waals surface area contributed by atoms with E-state index in [-0.39, 0.29) is 17.1 Å². The quantitative estimate of drug-likeness (QED) is 0.837. The molecular formula is C14H20N2O2S. The lowest BCUT2D eigenvalue weighted by Crippen LogP contribution is -2.38. The van der Waals surface area contributed by atoms with E-state index in [0.717, 1.165) is 4.90 Å². The largest absolute Gasteiger partial charge is 0.341 e. The van der Waals surface area contributed by atoms with Gasteiger partial charge in [0.15, 0.2) is 0 Å². The van der Waals surface area contributed by atoms with Crippen LogP contribution in [0.1, 0.15) is 26.3 Å². The van der Waals surface area contributed by atoms with E-state index in [0.29, 0.717) is 0 Å². The molecule has 0 unspecified atom stereocenters. The van der Waals surface area contributed by atoms with Crippen molar-refractivity contribution in [2.24, 2.45) is 0 Å². The van der Waals surface area contributed by atoms with E-state index in [1.807, 2.05) is 12.1 Å². The average molecular weight is 280 g/mol. The van der Waals surface area contributed by atoms with Crippen LogP contribution in [-0.2, 0) is 10.2 Å². The topological polar surface area (TPSA) is 58.2 Å². The minimum Gasteiger partial charge on any atom is -0.341 e. The summed E-state index contributed by atoms with van der Waals surface area (Å²) < 4.78 is 0. The molecule has 0 heterocycles. The van der Waals surface area contributed by atoms with Crippen LogP contribution < -0.4 is 10.6 Å². The first-order chi connectivity index (χ1) is 8.82. The van der Waals surface area contributed by atoms with Gasteiger partial charge in [-0.2, -0.15) is 0 Å². The van der Waals surface area contributed by atoms with Crippen LogP contribution in [0.2, 0.25) is 0 Å². The zero-order chi connectivity index (χ0) is 14.5. The predicted molar refractivity (Wildman–Crippen MR) is 78.5 cm³/mol. The number of imide groups is 1. The van der Waals surface area contributed by atoms with Crippen molar-refractivity contribution in [1.29, 1.82) is 0 Å². The van der Waals surface area contributed by atoms with Crippen LogP contribution in [0.4, 0.5) is 4.79 Å². The maximum Gasteiger partial charge on any atom is 0.321 e. The molecule has 0 atom stereocenters. The minimum atomic E-state index is -0.478. The molecule has 1 aromatic rings. The van der Waals surface area contributed by atoms with Crippen molar-refractivity contribution in [3.8, 4) is 0 Å². The van der Waals surface area contributed by atoms with Gasteiger partial charge in [0.1, 0.15) is 0 Å².